The number of halogens is 1. The lowest BCUT2D eigenvalue weighted by Gasteiger charge is -2.33. The normalized spacial score (nSPS) is 15.7. The van der Waals surface area contributed by atoms with Gasteiger partial charge in [0.2, 0.25) is 0 Å². The molecule has 122 valence electrons. The Labute approximate surface area is 149 Å². The quantitative estimate of drug-likeness (QED) is 0.569. The van der Waals surface area contributed by atoms with Crippen molar-refractivity contribution >= 4 is 33.5 Å². The molecule has 1 aliphatic rings. The highest BCUT2D eigenvalue weighted by atomic mass is 79.9. The van der Waals surface area contributed by atoms with Gasteiger partial charge < -0.3 is 9.64 Å². The lowest BCUT2D eigenvalue weighted by atomic mass is 9.98. The van der Waals surface area contributed by atoms with Crippen molar-refractivity contribution < 1.29 is 4.74 Å². The van der Waals surface area contributed by atoms with Crippen molar-refractivity contribution in [2.24, 2.45) is 5.92 Å². The summed E-state index contributed by atoms with van der Waals surface area (Å²) in [6, 6.07) is 3.80. The fraction of sp³-hybridized carbons (Fsp3) is 0.438. The van der Waals surface area contributed by atoms with E-state index in [2.05, 4.69) is 35.8 Å². The summed E-state index contributed by atoms with van der Waals surface area (Å²) in [5.74, 6) is 2.48. The first-order valence-corrected chi connectivity index (χ1v) is 9.62. The van der Waals surface area contributed by atoms with Crippen LogP contribution in [-0.2, 0) is 0 Å². The van der Waals surface area contributed by atoms with E-state index in [0.717, 1.165) is 53.7 Å². The van der Waals surface area contributed by atoms with Gasteiger partial charge in [-0.2, -0.15) is 0 Å². The van der Waals surface area contributed by atoms with Crippen LogP contribution in [0, 0.1) is 5.92 Å². The van der Waals surface area contributed by atoms with Gasteiger partial charge in [0.25, 0.3) is 0 Å². The molecule has 2 aromatic heterocycles. The molecule has 1 saturated heterocycles. The second-order valence-electron chi connectivity index (χ2n) is 5.45. The van der Waals surface area contributed by atoms with Gasteiger partial charge in [-0.25, -0.2) is 9.97 Å². The Bertz CT molecular complexity index is 635. The summed E-state index contributed by atoms with van der Waals surface area (Å²) in [5, 5.41) is 0.811. The van der Waals surface area contributed by atoms with Gasteiger partial charge in [-0.15, -0.1) is 0 Å². The van der Waals surface area contributed by atoms with Crippen LogP contribution in [0.2, 0.25) is 0 Å². The van der Waals surface area contributed by atoms with Crippen molar-refractivity contribution in [1.82, 2.24) is 15.0 Å². The van der Waals surface area contributed by atoms with Gasteiger partial charge in [0.15, 0.2) is 5.16 Å². The minimum atomic E-state index is 0.583. The molecular formula is C16H19BrN4OS. The van der Waals surface area contributed by atoms with E-state index in [1.54, 1.807) is 24.2 Å². The summed E-state index contributed by atoms with van der Waals surface area (Å²) in [6.07, 6.45) is 9.57. The van der Waals surface area contributed by atoms with Gasteiger partial charge in [0.05, 0.1) is 11.1 Å². The van der Waals surface area contributed by atoms with Crippen molar-refractivity contribution in [2.75, 3.05) is 30.9 Å². The minimum Gasteiger partial charge on any atom is -0.493 e. The fourth-order valence-corrected chi connectivity index (χ4v) is 3.40. The molecule has 3 rings (SSSR count). The van der Waals surface area contributed by atoms with Gasteiger partial charge in [0.1, 0.15) is 11.6 Å². The molecule has 0 saturated carbocycles. The molecule has 0 aromatic carbocycles. The van der Waals surface area contributed by atoms with E-state index in [1.807, 2.05) is 24.6 Å². The highest BCUT2D eigenvalue weighted by Gasteiger charge is 2.22. The fourth-order valence-electron chi connectivity index (χ4n) is 2.62. The number of hydrogen-bond acceptors (Lipinski definition) is 6. The molecule has 0 amide bonds. The SMILES string of the molecule is CSc1ncc(Br)c(N2CCC(COc3ccncc3)CC2)n1. The maximum absolute atomic E-state index is 5.85. The third kappa shape index (κ3) is 4.35. The van der Waals surface area contributed by atoms with Crippen molar-refractivity contribution in [3.63, 3.8) is 0 Å². The lowest BCUT2D eigenvalue weighted by molar-refractivity contribution is 0.222. The zero-order valence-corrected chi connectivity index (χ0v) is 15.4. The first kappa shape index (κ1) is 16.5. The Kier molecular flexibility index (Phi) is 5.72. The molecule has 1 aliphatic heterocycles. The molecule has 0 radical (unpaired) electrons. The van der Waals surface area contributed by atoms with Gasteiger partial charge in [-0.05, 0) is 53.1 Å². The smallest absolute Gasteiger partial charge is 0.189 e. The van der Waals surface area contributed by atoms with E-state index in [0.29, 0.717) is 5.92 Å². The average Bonchev–Trinajstić information content (AvgIpc) is 2.62. The number of piperidine rings is 1. The van der Waals surface area contributed by atoms with Crippen LogP contribution in [0.3, 0.4) is 0 Å². The van der Waals surface area contributed by atoms with Crippen molar-refractivity contribution in [3.05, 3.63) is 35.2 Å². The Morgan fingerprint density at radius 2 is 2.04 bits per heavy atom. The van der Waals surface area contributed by atoms with E-state index in [4.69, 9.17) is 4.74 Å². The first-order chi connectivity index (χ1) is 11.3. The molecule has 5 nitrogen and oxygen atoms in total. The molecule has 7 heteroatoms. The Morgan fingerprint density at radius 3 is 2.74 bits per heavy atom. The van der Waals surface area contributed by atoms with E-state index < -0.39 is 0 Å². The summed E-state index contributed by atoms with van der Waals surface area (Å²) in [7, 11) is 0. The van der Waals surface area contributed by atoms with Crippen LogP contribution in [0.5, 0.6) is 5.75 Å². The Morgan fingerprint density at radius 1 is 1.30 bits per heavy atom. The Hall–Kier alpha value is -1.34. The topological polar surface area (TPSA) is 51.1 Å². The number of ether oxygens (including phenoxy) is 1. The molecular weight excluding hydrogens is 376 g/mol. The van der Waals surface area contributed by atoms with Crippen LogP contribution in [0.1, 0.15) is 12.8 Å². The summed E-state index contributed by atoms with van der Waals surface area (Å²) < 4.78 is 6.81. The summed E-state index contributed by atoms with van der Waals surface area (Å²) in [6.45, 7) is 2.75. The monoisotopic (exact) mass is 394 g/mol. The number of rotatable bonds is 5. The molecule has 0 atom stereocenters. The summed E-state index contributed by atoms with van der Waals surface area (Å²) in [5.41, 5.74) is 0. The molecule has 23 heavy (non-hydrogen) atoms. The summed E-state index contributed by atoms with van der Waals surface area (Å²) >= 11 is 5.13. The zero-order valence-electron chi connectivity index (χ0n) is 13.0. The number of nitrogens with zero attached hydrogens (tertiary/aromatic N) is 4. The van der Waals surface area contributed by atoms with Crippen molar-refractivity contribution in [1.29, 1.82) is 0 Å². The number of anilines is 1. The van der Waals surface area contributed by atoms with Crippen LogP contribution in [0.25, 0.3) is 0 Å². The minimum absolute atomic E-state index is 0.583. The predicted molar refractivity (Wildman–Crippen MR) is 96.2 cm³/mol. The lowest BCUT2D eigenvalue weighted by Crippen LogP contribution is -2.36. The van der Waals surface area contributed by atoms with Crippen LogP contribution in [0.4, 0.5) is 5.82 Å². The molecule has 1 fully saturated rings. The highest BCUT2D eigenvalue weighted by Crippen LogP contribution is 2.29. The second kappa shape index (κ2) is 7.97. The molecule has 3 heterocycles. The highest BCUT2D eigenvalue weighted by molar-refractivity contribution is 9.10. The number of hydrogen-bond donors (Lipinski definition) is 0. The van der Waals surface area contributed by atoms with Crippen LogP contribution < -0.4 is 9.64 Å². The predicted octanol–water partition coefficient (Wildman–Crippen LogP) is 3.65. The maximum Gasteiger partial charge on any atom is 0.189 e. The van der Waals surface area contributed by atoms with Crippen molar-refractivity contribution in [2.45, 2.75) is 18.0 Å². The standard InChI is InChI=1S/C16H19BrN4OS/c1-23-16-19-10-14(17)15(20-16)21-8-4-12(5-9-21)11-22-13-2-6-18-7-3-13/h2-3,6-7,10,12H,4-5,8-9,11H2,1H3. The van der Waals surface area contributed by atoms with Crippen molar-refractivity contribution in [3.8, 4) is 5.75 Å². The molecule has 0 N–H and O–H groups in total. The van der Waals surface area contributed by atoms with E-state index in [1.165, 1.54) is 0 Å². The average molecular weight is 395 g/mol. The van der Waals surface area contributed by atoms with Crippen LogP contribution >= 0.6 is 27.7 Å². The second-order valence-corrected chi connectivity index (χ2v) is 7.08. The van der Waals surface area contributed by atoms with E-state index in [9.17, 15) is 0 Å². The van der Waals surface area contributed by atoms with Crippen LogP contribution in [0.15, 0.2) is 40.4 Å². The number of thioether (sulfide) groups is 1. The Balaban J connectivity index is 1.54. The number of pyridine rings is 1. The van der Waals surface area contributed by atoms with Gasteiger partial charge in [-0.3, -0.25) is 4.98 Å². The van der Waals surface area contributed by atoms with Gasteiger partial charge in [-0.1, -0.05) is 11.8 Å². The zero-order chi connectivity index (χ0) is 16.1. The molecule has 2 aromatic rings. The largest absolute Gasteiger partial charge is 0.493 e. The summed E-state index contributed by atoms with van der Waals surface area (Å²) in [4.78, 5) is 15.2. The molecule has 0 bridgehead atoms. The third-order valence-electron chi connectivity index (χ3n) is 3.94. The van der Waals surface area contributed by atoms with E-state index >= 15 is 0 Å². The number of aromatic nitrogens is 3. The first-order valence-electron chi connectivity index (χ1n) is 7.60. The molecule has 0 aliphatic carbocycles. The van der Waals surface area contributed by atoms with Crippen LogP contribution in [-0.4, -0.2) is 40.9 Å². The van der Waals surface area contributed by atoms with E-state index in [-0.39, 0.29) is 0 Å². The third-order valence-corrected chi connectivity index (χ3v) is 5.06. The molecule has 0 unspecified atom stereocenters. The van der Waals surface area contributed by atoms with Gasteiger partial charge in [0, 0.05) is 31.7 Å². The molecule has 0 spiro atoms. The maximum atomic E-state index is 5.85. The van der Waals surface area contributed by atoms with Gasteiger partial charge >= 0.3 is 0 Å².